The molecule has 1 N–H and O–H groups in total. The molecule has 142 valence electrons. The van der Waals surface area contributed by atoms with Gasteiger partial charge in [0.25, 0.3) is 0 Å². The number of halogens is 2. The van der Waals surface area contributed by atoms with Crippen molar-refractivity contribution in [2.24, 2.45) is 0 Å². The third-order valence-corrected chi connectivity index (χ3v) is 4.84. The van der Waals surface area contributed by atoms with Crippen LogP contribution in [0, 0.1) is 0 Å². The van der Waals surface area contributed by atoms with E-state index in [9.17, 15) is 0 Å². The lowest BCUT2D eigenvalue weighted by Crippen LogP contribution is -2.51. The van der Waals surface area contributed by atoms with Crippen molar-refractivity contribution in [2.45, 2.75) is 18.8 Å². The summed E-state index contributed by atoms with van der Waals surface area (Å²) in [5.41, 5.74) is 2.46. The summed E-state index contributed by atoms with van der Waals surface area (Å²) in [5.74, 6) is 1.00. The van der Waals surface area contributed by atoms with Gasteiger partial charge in [-0.05, 0) is 11.6 Å². The van der Waals surface area contributed by atoms with E-state index in [0.29, 0.717) is 13.2 Å². The van der Waals surface area contributed by atoms with Gasteiger partial charge < -0.3 is 14.8 Å². The summed E-state index contributed by atoms with van der Waals surface area (Å²) in [7, 11) is 0. The number of para-hydroxylation sites is 1. The molecule has 2 aliphatic heterocycles. The summed E-state index contributed by atoms with van der Waals surface area (Å²) >= 11 is 0. The second-order valence-corrected chi connectivity index (χ2v) is 6.41. The molecule has 0 bridgehead atoms. The van der Waals surface area contributed by atoms with Gasteiger partial charge in [-0.2, -0.15) is 0 Å². The smallest absolute Gasteiger partial charge is 0.124 e. The minimum atomic E-state index is 0. The molecule has 0 saturated carbocycles. The highest BCUT2D eigenvalue weighted by Gasteiger charge is 2.36. The van der Waals surface area contributed by atoms with Crippen molar-refractivity contribution in [1.29, 1.82) is 0 Å². The monoisotopic (exact) mass is 396 g/mol. The van der Waals surface area contributed by atoms with Crippen molar-refractivity contribution in [3.8, 4) is 5.75 Å². The van der Waals surface area contributed by atoms with Crippen molar-refractivity contribution in [1.82, 2.24) is 10.2 Å². The zero-order chi connectivity index (χ0) is 16.2. The van der Waals surface area contributed by atoms with E-state index in [1.807, 2.05) is 12.1 Å². The van der Waals surface area contributed by atoms with E-state index in [4.69, 9.17) is 9.47 Å². The quantitative estimate of drug-likeness (QED) is 0.857. The molecule has 0 radical (unpaired) electrons. The van der Waals surface area contributed by atoms with Gasteiger partial charge in [0.1, 0.15) is 18.5 Å². The number of benzene rings is 2. The lowest BCUT2D eigenvalue weighted by atomic mass is 9.95. The number of nitrogens with zero attached hydrogens (tertiary/aromatic N) is 1. The van der Waals surface area contributed by atoms with Crippen LogP contribution in [0.15, 0.2) is 54.6 Å². The topological polar surface area (TPSA) is 33.7 Å². The Morgan fingerprint density at radius 3 is 2.42 bits per heavy atom. The van der Waals surface area contributed by atoms with Crippen LogP contribution < -0.4 is 10.1 Å². The van der Waals surface area contributed by atoms with Crippen LogP contribution in [0.1, 0.15) is 17.2 Å². The molecular weight excluding hydrogens is 371 g/mol. The van der Waals surface area contributed by atoms with Crippen LogP contribution in [0.25, 0.3) is 0 Å². The van der Waals surface area contributed by atoms with Crippen LogP contribution in [0.5, 0.6) is 5.75 Å². The van der Waals surface area contributed by atoms with Crippen molar-refractivity contribution < 1.29 is 9.47 Å². The Hall–Kier alpha value is -1.30. The molecule has 0 aliphatic carbocycles. The van der Waals surface area contributed by atoms with Gasteiger partial charge in [-0.1, -0.05) is 48.5 Å². The average molecular weight is 397 g/mol. The summed E-state index contributed by atoms with van der Waals surface area (Å²) in [4.78, 5) is 2.54. The summed E-state index contributed by atoms with van der Waals surface area (Å²) in [6.45, 7) is 5.39. The molecule has 6 heteroatoms. The van der Waals surface area contributed by atoms with E-state index in [0.717, 1.165) is 31.9 Å². The van der Waals surface area contributed by atoms with E-state index in [1.54, 1.807) is 0 Å². The number of hydrogen-bond donors (Lipinski definition) is 1. The Labute approximate surface area is 167 Å². The molecule has 2 atom stereocenters. The third-order valence-electron chi connectivity index (χ3n) is 4.84. The van der Waals surface area contributed by atoms with Gasteiger partial charge in [-0.3, -0.25) is 4.90 Å². The van der Waals surface area contributed by atoms with Crippen LogP contribution >= 0.6 is 24.8 Å². The molecule has 4 rings (SSSR count). The first-order valence-electron chi connectivity index (χ1n) is 8.74. The number of hydrogen-bond acceptors (Lipinski definition) is 4. The van der Waals surface area contributed by atoms with Gasteiger partial charge in [0, 0.05) is 31.7 Å². The zero-order valence-electron chi connectivity index (χ0n) is 14.7. The molecule has 1 fully saturated rings. The van der Waals surface area contributed by atoms with Crippen LogP contribution in [0.3, 0.4) is 0 Å². The minimum absolute atomic E-state index is 0. The highest BCUT2D eigenvalue weighted by Crippen LogP contribution is 2.37. The molecule has 2 heterocycles. The average Bonchev–Trinajstić information content (AvgIpc) is 2.67. The van der Waals surface area contributed by atoms with Gasteiger partial charge in [0.15, 0.2) is 0 Å². The Balaban J connectivity index is 0.00000121. The first-order chi connectivity index (χ1) is 11.9. The number of ether oxygens (including phenoxy) is 2. The first kappa shape index (κ1) is 21.0. The highest BCUT2D eigenvalue weighted by atomic mass is 35.5. The molecule has 2 aromatic carbocycles. The largest absolute Gasteiger partial charge is 0.490 e. The second kappa shape index (κ2) is 10.1. The maximum atomic E-state index is 6.30. The standard InChI is InChI=1S/C20H24N2O2.2ClH/c1-2-6-16(7-3-1)14-23-19-15-24-18-9-5-4-8-17(18)20(19)22-12-10-21-11-13-22;;/h1-9,19-21H,10-15H2;2*1H/t19-,20-;;/m1../s1. The molecule has 2 aromatic rings. The second-order valence-electron chi connectivity index (χ2n) is 6.41. The molecule has 26 heavy (non-hydrogen) atoms. The van der Waals surface area contributed by atoms with Crippen LogP contribution in [0.2, 0.25) is 0 Å². The van der Waals surface area contributed by atoms with E-state index in [1.165, 1.54) is 11.1 Å². The van der Waals surface area contributed by atoms with Crippen molar-refractivity contribution in [3.05, 3.63) is 65.7 Å². The lowest BCUT2D eigenvalue weighted by molar-refractivity contribution is -0.0617. The van der Waals surface area contributed by atoms with Crippen molar-refractivity contribution in [3.63, 3.8) is 0 Å². The zero-order valence-corrected chi connectivity index (χ0v) is 16.3. The van der Waals surface area contributed by atoms with Gasteiger partial charge in [0.2, 0.25) is 0 Å². The van der Waals surface area contributed by atoms with Gasteiger partial charge in [-0.15, -0.1) is 24.8 Å². The summed E-state index contributed by atoms with van der Waals surface area (Å²) in [5, 5.41) is 3.44. The molecule has 0 unspecified atom stereocenters. The van der Waals surface area contributed by atoms with E-state index >= 15 is 0 Å². The van der Waals surface area contributed by atoms with Gasteiger partial charge >= 0.3 is 0 Å². The Morgan fingerprint density at radius 2 is 1.65 bits per heavy atom. The number of fused-ring (bicyclic) bond motifs is 1. The normalized spacial score (nSPS) is 22.3. The third kappa shape index (κ3) is 4.70. The SMILES string of the molecule is Cl.Cl.c1ccc(CO[C@@H]2COc3ccccc3[C@H]2N2CCNCC2)cc1. The Morgan fingerprint density at radius 1 is 0.962 bits per heavy atom. The first-order valence-corrected chi connectivity index (χ1v) is 8.74. The summed E-state index contributed by atoms with van der Waals surface area (Å²) < 4.78 is 12.3. The molecular formula is C20H26Cl2N2O2. The van der Waals surface area contributed by atoms with E-state index in [-0.39, 0.29) is 37.0 Å². The Kier molecular flexibility index (Phi) is 8.19. The molecule has 2 aliphatic rings. The van der Waals surface area contributed by atoms with Crippen LogP contribution in [-0.4, -0.2) is 43.8 Å². The minimum Gasteiger partial charge on any atom is -0.490 e. The molecule has 0 spiro atoms. The maximum Gasteiger partial charge on any atom is 0.124 e. The predicted molar refractivity (Wildman–Crippen MR) is 109 cm³/mol. The molecule has 0 amide bonds. The van der Waals surface area contributed by atoms with E-state index in [2.05, 4.69) is 52.7 Å². The van der Waals surface area contributed by atoms with E-state index < -0.39 is 0 Å². The number of rotatable bonds is 4. The Bertz CT molecular complexity index is 666. The predicted octanol–water partition coefficient (Wildman–Crippen LogP) is 3.45. The fourth-order valence-electron chi connectivity index (χ4n) is 3.63. The van der Waals surface area contributed by atoms with Crippen LogP contribution in [0.4, 0.5) is 0 Å². The molecule has 1 saturated heterocycles. The fraction of sp³-hybridized carbons (Fsp3) is 0.400. The van der Waals surface area contributed by atoms with Gasteiger partial charge in [-0.25, -0.2) is 0 Å². The van der Waals surface area contributed by atoms with Gasteiger partial charge in [0.05, 0.1) is 12.6 Å². The summed E-state index contributed by atoms with van der Waals surface area (Å²) in [6.07, 6.45) is 0.0539. The molecule has 0 aromatic heterocycles. The molecule has 4 nitrogen and oxygen atoms in total. The lowest BCUT2D eigenvalue weighted by Gasteiger charge is -2.42. The van der Waals surface area contributed by atoms with Crippen molar-refractivity contribution in [2.75, 3.05) is 32.8 Å². The van der Waals surface area contributed by atoms with Crippen molar-refractivity contribution >= 4 is 24.8 Å². The number of piperazine rings is 1. The fourth-order valence-corrected chi connectivity index (χ4v) is 3.63. The summed E-state index contributed by atoms with van der Waals surface area (Å²) in [6, 6.07) is 19.0. The maximum absolute atomic E-state index is 6.30. The van der Waals surface area contributed by atoms with Crippen LogP contribution in [-0.2, 0) is 11.3 Å². The number of nitrogens with one attached hydrogen (secondary N) is 1. The highest BCUT2D eigenvalue weighted by molar-refractivity contribution is 5.85.